The van der Waals surface area contributed by atoms with Crippen molar-refractivity contribution in [2.75, 3.05) is 6.79 Å². The van der Waals surface area contributed by atoms with Gasteiger partial charge in [-0.15, -0.1) is 16.4 Å². The minimum atomic E-state index is -0.408. The van der Waals surface area contributed by atoms with Crippen LogP contribution in [-0.2, 0) is 0 Å². The molecule has 2 aliphatic rings. The fraction of sp³-hybridized carbons (Fsp3) is 0.111. The molecule has 2 aliphatic heterocycles. The molecule has 0 radical (unpaired) electrons. The van der Waals surface area contributed by atoms with Crippen molar-refractivity contribution in [3.63, 3.8) is 0 Å². The standard InChI is InChI=1S/C18H12N4O3S/c19-7-10-14(9-3-4-11-12(6-9)24-8-23-11)15-16(13-2-1-5-26-13)21-22-18(15)25-17(10)20/h1-6,14H,8,20H2,(H,21,22). The number of nitrogens with two attached hydrogens (primary N) is 1. The van der Waals surface area contributed by atoms with Crippen molar-refractivity contribution in [3.05, 3.63) is 58.3 Å². The Morgan fingerprint density at radius 2 is 2.15 bits per heavy atom. The number of benzene rings is 1. The third-order valence-corrected chi connectivity index (χ3v) is 5.32. The van der Waals surface area contributed by atoms with E-state index in [0.29, 0.717) is 23.0 Å². The molecule has 1 atom stereocenters. The smallest absolute Gasteiger partial charge is 0.244 e. The van der Waals surface area contributed by atoms with Crippen LogP contribution in [0.15, 0.2) is 47.2 Å². The van der Waals surface area contributed by atoms with E-state index < -0.39 is 5.92 Å². The maximum Gasteiger partial charge on any atom is 0.244 e. The minimum absolute atomic E-state index is 0.0619. The number of thiophene rings is 1. The number of aromatic nitrogens is 2. The first-order chi connectivity index (χ1) is 12.8. The zero-order valence-electron chi connectivity index (χ0n) is 13.4. The van der Waals surface area contributed by atoms with Crippen molar-refractivity contribution in [2.24, 2.45) is 5.73 Å². The average molecular weight is 364 g/mol. The van der Waals surface area contributed by atoms with Crippen molar-refractivity contribution in [1.82, 2.24) is 10.2 Å². The van der Waals surface area contributed by atoms with E-state index in [1.807, 2.05) is 35.7 Å². The Labute approximate surface area is 152 Å². The summed E-state index contributed by atoms with van der Waals surface area (Å²) in [6.45, 7) is 0.188. The lowest BCUT2D eigenvalue weighted by molar-refractivity contribution is 0.174. The van der Waals surface area contributed by atoms with Crippen molar-refractivity contribution in [2.45, 2.75) is 5.92 Å². The molecule has 3 aromatic rings. The maximum absolute atomic E-state index is 9.72. The van der Waals surface area contributed by atoms with Gasteiger partial charge in [-0.25, -0.2) is 0 Å². The number of allylic oxidation sites excluding steroid dienone is 1. The van der Waals surface area contributed by atoms with Crippen LogP contribution in [0.25, 0.3) is 10.6 Å². The van der Waals surface area contributed by atoms with Gasteiger partial charge in [-0.05, 0) is 29.1 Å². The third kappa shape index (κ3) is 2.08. The molecule has 128 valence electrons. The van der Waals surface area contributed by atoms with Crippen LogP contribution < -0.4 is 19.9 Å². The number of fused-ring (bicyclic) bond motifs is 2. The van der Waals surface area contributed by atoms with E-state index in [1.165, 1.54) is 0 Å². The van der Waals surface area contributed by atoms with Crippen LogP contribution in [0.4, 0.5) is 0 Å². The SMILES string of the molecule is N#CC1=C(N)Oc2n[nH]c(-c3cccs3)c2C1c1ccc2c(c1)OCO2. The molecular weight excluding hydrogens is 352 g/mol. The second-order valence-corrected chi connectivity index (χ2v) is 6.78. The third-order valence-electron chi connectivity index (χ3n) is 4.44. The first-order valence-corrected chi connectivity index (χ1v) is 8.73. The number of hydrogen-bond acceptors (Lipinski definition) is 7. The second kappa shape index (κ2) is 5.54. The summed E-state index contributed by atoms with van der Waals surface area (Å²) in [5.74, 6) is 1.36. The highest BCUT2D eigenvalue weighted by molar-refractivity contribution is 7.13. The average Bonchev–Trinajstić information content (AvgIpc) is 3.39. The number of ether oxygens (including phenoxy) is 3. The molecule has 26 heavy (non-hydrogen) atoms. The Balaban J connectivity index is 1.73. The summed E-state index contributed by atoms with van der Waals surface area (Å²) >= 11 is 1.58. The van der Waals surface area contributed by atoms with Crippen LogP contribution in [-0.4, -0.2) is 17.0 Å². The van der Waals surface area contributed by atoms with Gasteiger partial charge in [0.15, 0.2) is 11.5 Å². The van der Waals surface area contributed by atoms with Gasteiger partial charge >= 0.3 is 0 Å². The molecule has 0 amide bonds. The van der Waals surface area contributed by atoms with Gasteiger partial charge in [-0.3, -0.25) is 5.10 Å². The van der Waals surface area contributed by atoms with Crippen molar-refractivity contribution >= 4 is 11.3 Å². The Morgan fingerprint density at radius 1 is 1.27 bits per heavy atom. The van der Waals surface area contributed by atoms with E-state index >= 15 is 0 Å². The second-order valence-electron chi connectivity index (χ2n) is 5.83. The van der Waals surface area contributed by atoms with Gasteiger partial charge in [-0.2, -0.15) is 5.26 Å². The molecule has 7 nitrogen and oxygen atoms in total. The molecular formula is C18H12N4O3S. The molecule has 0 spiro atoms. The summed E-state index contributed by atoms with van der Waals surface area (Å²) in [4.78, 5) is 1.01. The maximum atomic E-state index is 9.72. The van der Waals surface area contributed by atoms with Crippen LogP contribution >= 0.6 is 11.3 Å². The van der Waals surface area contributed by atoms with Gasteiger partial charge in [0.25, 0.3) is 0 Å². The first-order valence-electron chi connectivity index (χ1n) is 7.85. The quantitative estimate of drug-likeness (QED) is 0.724. The summed E-state index contributed by atoms with van der Waals surface area (Å²) < 4.78 is 16.5. The van der Waals surface area contributed by atoms with Crippen LogP contribution in [0.3, 0.4) is 0 Å². The minimum Gasteiger partial charge on any atom is -0.454 e. The first kappa shape index (κ1) is 14.9. The monoisotopic (exact) mass is 364 g/mol. The molecule has 4 heterocycles. The zero-order chi connectivity index (χ0) is 17.7. The van der Waals surface area contributed by atoms with Crippen molar-refractivity contribution < 1.29 is 14.2 Å². The summed E-state index contributed by atoms with van der Waals surface area (Å²) in [5, 5.41) is 19.0. The number of aromatic amines is 1. The lowest BCUT2D eigenvalue weighted by Gasteiger charge is -2.24. The fourth-order valence-corrected chi connectivity index (χ4v) is 4.01. The fourth-order valence-electron chi connectivity index (χ4n) is 3.28. The Bertz CT molecular complexity index is 1080. The van der Waals surface area contributed by atoms with Gasteiger partial charge in [0, 0.05) is 0 Å². The predicted octanol–water partition coefficient (Wildman–Crippen LogP) is 3.09. The van der Waals surface area contributed by atoms with Crippen molar-refractivity contribution in [1.29, 1.82) is 5.26 Å². The molecule has 8 heteroatoms. The zero-order valence-corrected chi connectivity index (χ0v) is 14.2. The molecule has 1 aromatic carbocycles. The Morgan fingerprint density at radius 3 is 2.96 bits per heavy atom. The highest BCUT2D eigenvalue weighted by atomic mass is 32.1. The number of H-pyrrole nitrogens is 1. The molecule has 0 saturated carbocycles. The van der Waals surface area contributed by atoms with Gasteiger partial charge in [0.2, 0.25) is 18.6 Å². The van der Waals surface area contributed by atoms with Crippen LogP contribution in [0.1, 0.15) is 17.0 Å². The number of nitriles is 1. The van der Waals surface area contributed by atoms with E-state index in [0.717, 1.165) is 21.7 Å². The Kier molecular flexibility index (Phi) is 3.17. The van der Waals surface area contributed by atoms with E-state index in [2.05, 4.69) is 16.3 Å². The highest BCUT2D eigenvalue weighted by Gasteiger charge is 2.36. The van der Waals surface area contributed by atoms with Gasteiger partial charge in [-0.1, -0.05) is 12.1 Å². The highest BCUT2D eigenvalue weighted by Crippen LogP contribution is 2.47. The number of rotatable bonds is 2. The van der Waals surface area contributed by atoms with E-state index in [9.17, 15) is 5.26 Å². The molecule has 0 saturated heterocycles. The summed E-state index contributed by atoms with van der Waals surface area (Å²) in [6, 6.07) is 11.8. The van der Waals surface area contributed by atoms with Gasteiger partial charge in [0.1, 0.15) is 11.6 Å². The number of nitrogens with zero attached hydrogens (tertiary/aromatic N) is 2. The van der Waals surface area contributed by atoms with Gasteiger partial charge in [0.05, 0.1) is 22.1 Å². The summed E-state index contributed by atoms with van der Waals surface area (Å²) in [7, 11) is 0. The number of nitrogens with one attached hydrogen (secondary N) is 1. The van der Waals surface area contributed by atoms with Crippen LogP contribution in [0.2, 0.25) is 0 Å². The molecule has 1 unspecified atom stereocenters. The molecule has 5 rings (SSSR count). The lowest BCUT2D eigenvalue weighted by Crippen LogP contribution is -2.20. The molecule has 0 bridgehead atoms. The Hall–Kier alpha value is -3.44. The van der Waals surface area contributed by atoms with Crippen LogP contribution in [0.5, 0.6) is 17.4 Å². The molecule has 3 N–H and O–H groups in total. The largest absolute Gasteiger partial charge is 0.454 e. The molecule has 0 aliphatic carbocycles. The lowest BCUT2D eigenvalue weighted by atomic mass is 9.83. The van der Waals surface area contributed by atoms with E-state index in [4.69, 9.17) is 19.9 Å². The van der Waals surface area contributed by atoms with Gasteiger partial charge < -0.3 is 19.9 Å². The van der Waals surface area contributed by atoms with E-state index in [-0.39, 0.29) is 12.7 Å². The van der Waals surface area contributed by atoms with E-state index in [1.54, 1.807) is 11.3 Å². The predicted molar refractivity (Wildman–Crippen MR) is 93.8 cm³/mol. The summed E-state index contributed by atoms with van der Waals surface area (Å²) in [5.41, 5.74) is 8.81. The molecule has 0 fully saturated rings. The van der Waals surface area contributed by atoms with Crippen LogP contribution in [0, 0.1) is 11.3 Å². The normalized spacial score (nSPS) is 17.6. The summed E-state index contributed by atoms with van der Waals surface area (Å²) in [6.07, 6.45) is 0. The van der Waals surface area contributed by atoms with Crippen molar-refractivity contribution in [3.8, 4) is 34.0 Å². The number of hydrogen-bond donors (Lipinski definition) is 2. The topological polar surface area (TPSA) is 106 Å². The molecule has 2 aromatic heterocycles.